The largest absolute Gasteiger partial charge is 0.573 e. The Morgan fingerprint density at radius 3 is 2.35 bits per heavy atom. The number of piperazine rings is 1. The van der Waals surface area contributed by atoms with Crippen LogP contribution in [0.15, 0.2) is 24.3 Å². The summed E-state index contributed by atoms with van der Waals surface area (Å²) in [7, 11) is 0. The van der Waals surface area contributed by atoms with Crippen LogP contribution in [0.5, 0.6) is 5.75 Å². The van der Waals surface area contributed by atoms with Crippen LogP contribution in [-0.4, -0.2) is 37.4 Å². The molecular weight excluding hydrogens is 305 g/mol. The highest BCUT2D eigenvalue weighted by Crippen LogP contribution is 2.30. The highest BCUT2D eigenvalue weighted by Gasteiger charge is 2.31. The average molecular weight is 330 g/mol. The van der Waals surface area contributed by atoms with Crippen molar-refractivity contribution < 1.29 is 17.9 Å². The van der Waals surface area contributed by atoms with Crippen molar-refractivity contribution >= 4 is 0 Å². The topological polar surface area (TPSA) is 24.5 Å². The molecule has 0 bridgehead atoms. The van der Waals surface area contributed by atoms with Gasteiger partial charge in [-0.3, -0.25) is 4.90 Å². The van der Waals surface area contributed by atoms with Gasteiger partial charge in [-0.2, -0.15) is 0 Å². The fraction of sp³-hybridized carbons (Fsp3) is 0.647. The first-order valence-electron chi connectivity index (χ1n) is 8.30. The second-order valence-corrected chi connectivity index (χ2v) is 5.91. The minimum Gasteiger partial charge on any atom is -0.406 e. The van der Waals surface area contributed by atoms with E-state index in [0.29, 0.717) is 0 Å². The lowest BCUT2D eigenvalue weighted by atomic mass is 9.98. The Morgan fingerprint density at radius 1 is 1.13 bits per heavy atom. The zero-order chi connectivity index (χ0) is 16.7. The third kappa shape index (κ3) is 6.03. The molecule has 1 aromatic rings. The van der Waals surface area contributed by atoms with Gasteiger partial charge in [0.2, 0.25) is 0 Å². The Balaban J connectivity index is 2.07. The first-order valence-corrected chi connectivity index (χ1v) is 8.30. The molecular formula is C17H25F3N2O. The maximum Gasteiger partial charge on any atom is 0.573 e. The van der Waals surface area contributed by atoms with Crippen LogP contribution < -0.4 is 10.1 Å². The summed E-state index contributed by atoms with van der Waals surface area (Å²) < 4.78 is 40.7. The van der Waals surface area contributed by atoms with E-state index in [1.165, 1.54) is 18.6 Å². The van der Waals surface area contributed by atoms with Gasteiger partial charge in [-0.15, -0.1) is 13.2 Å². The second-order valence-electron chi connectivity index (χ2n) is 5.91. The molecule has 23 heavy (non-hydrogen) atoms. The maximum atomic E-state index is 12.3. The van der Waals surface area contributed by atoms with E-state index in [9.17, 15) is 13.2 Å². The van der Waals surface area contributed by atoms with Gasteiger partial charge < -0.3 is 10.1 Å². The molecule has 0 unspecified atom stereocenters. The summed E-state index contributed by atoms with van der Waals surface area (Å²) in [4.78, 5) is 2.42. The van der Waals surface area contributed by atoms with Gasteiger partial charge in [0, 0.05) is 32.2 Å². The molecule has 1 N–H and O–H groups in total. The van der Waals surface area contributed by atoms with E-state index in [-0.39, 0.29) is 11.8 Å². The van der Waals surface area contributed by atoms with Crippen molar-refractivity contribution in [3.8, 4) is 5.75 Å². The van der Waals surface area contributed by atoms with Gasteiger partial charge in [-0.05, 0) is 24.1 Å². The van der Waals surface area contributed by atoms with Gasteiger partial charge in [0.1, 0.15) is 5.75 Å². The Morgan fingerprint density at radius 2 is 1.78 bits per heavy atom. The molecule has 2 rings (SSSR count). The van der Waals surface area contributed by atoms with Crippen LogP contribution in [0.1, 0.15) is 44.2 Å². The lowest BCUT2D eigenvalue weighted by Crippen LogP contribution is -2.45. The number of halogens is 3. The molecule has 1 saturated heterocycles. The lowest BCUT2D eigenvalue weighted by molar-refractivity contribution is -0.274. The Kier molecular flexibility index (Phi) is 6.72. The van der Waals surface area contributed by atoms with Crippen LogP contribution in [-0.2, 0) is 0 Å². The van der Waals surface area contributed by atoms with Crippen molar-refractivity contribution in [1.82, 2.24) is 10.2 Å². The molecule has 1 fully saturated rings. The van der Waals surface area contributed by atoms with E-state index < -0.39 is 6.36 Å². The Labute approximate surface area is 135 Å². The standard InChI is InChI=1S/C17H25F3N2O/c1-2-3-4-5-16(22-12-10-21-11-13-22)14-6-8-15(9-7-14)23-17(18,19)20/h6-9,16,21H,2-5,10-13H2,1H3/t16-/m1/s1. The number of rotatable bonds is 7. The van der Waals surface area contributed by atoms with E-state index in [0.717, 1.165) is 51.0 Å². The number of ether oxygens (including phenoxy) is 1. The number of hydrogen-bond donors (Lipinski definition) is 1. The van der Waals surface area contributed by atoms with Crippen molar-refractivity contribution in [2.75, 3.05) is 26.2 Å². The van der Waals surface area contributed by atoms with Crippen LogP contribution >= 0.6 is 0 Å². The predicted molar refractivity (Wildman–Crippen MR) is 84.5 cm³/mol. The van der Waals surface area contributed by atoms with E-state index in [2.05, 4.69) is 21.9 Å². The van der Waals surface area contributed by atoms with Gasteiger partial charge in [0.05, 0.1) is 0 Å². The molecule has 1 heterocycles. The average Bonchev–Trinajstić information content (AvgIpc) is 2.52. The summed E-state index contributed by atoms with van der Waals surface area (Å²) in [6, 6.07) is 6.62. The predicted octanol–water partition coefficient (Wildman–Crippen LogP) is 4.11. The van der Waals surface area contributed by atoms with Crippen molar-refractivity contribution in [3.63, 3.8) is 0 Å². The van der Waals surface area contributed by atoms with Crippen LogP contribution in [0.4, 0.5) is 13.2 Å². The number of hydrogen-bond acceptors (Lipinski definition) is 3. The van der Waals surface area contributed by atoms with Gasteiger partial charge in [0.25, 0.3) is 0 Å². The number of nitrogens with zero attached hydrogens (tertiary/aromatic N) is 1. The molecule has 6 heteroatoms. The van der Waals surface area contributed by atoms with Gasteiger partial charge in [0.15, 0.2) is 0 Å². The minimum absolute atomic E-state index is 0.158. The van der Waals surface area contributed by atoms with Gasteiger partial charge >= 0.3 is 6.36 Å². The molecule has 0 saturated carbocycles. The summed E-state index contributed by atoms with van der Waals surface area (Å²) in [5, 5.41) is 3.34. The highest BCUT2D eigenvalue weighted by atomic mass is 19.4. The maximum absolute atomic E-state index is 12.3. The zero-order valence-electron chi connectivity index (χ0n) is 13.5. The summed E-state index contributed by atoms with van der Waals surface area (Å²) in [5.74, 6) is -0.158. The van der Waals surface area contributed by atoms with E-state index in [1.54, 1.807) is 12.1 Å². The molecule has 1 aliphatic heterocycles. The number of nitrogens with one attached hydrogen (secondary N) is 1. The SMILES string of the molecule is CCCCC[C@H](c1ccc(OC(F)(F)F)cc1)N1CCNCC1. The zero-order valence-corrected chi connectivity index (χ0v) is 13.5. The fourth-order valence-electron chi connectivity index (χ4n) is 3.03. The molecule has 1 atom stereocenters. The van der Waals surface area contributed by atoms with Crippen molar-refractivity contribution in [3.05, 3.63) is 29.8 Å². The van der Waals surface area contributed by atoms with Crippen molar-refractivity contribution in [1.29, 1.82) is 0 Å². The first kappa shape index (κ1) is 18.1. The third-order valence-corrected chi connectivity index (χ3v) is 4.17. The summed E-state index contributed by atoms with van der Waals surface area (Å²) in [6.45, 7) is 6.03. The number of unbranched alkanes of at least 4 members (excludes halogenated alkanes) is 2. The fourth-order valence-corrected chi connectivity index (χ4v) is 3.03. The molecule has 1 aliphatic rings. The molecule has 0 amide bonds. The number of benzene rings is 1. The molecule has 130 valence electrons. The van der Waals surface area contributed by atoms with Gasteiger partial charge in [-0.25, -0.2) is 0 Å². The second kappa shape index (κ2) is 8.55. The van der Waals surface area contributed by atoms with Crippen molar-refractivity contribution in [2.45, 2.75) is 45.0 Å². The summed E-state index contributed by atoms with van der Waals surface area (Å²) in [5.41, 5.74) is 1.07. The molecule has 0 aliphatic carbocycles. The molecule has 0 radical (unpaired) electrons. The first-order chi connectivity index (χ1) is 11.0. The smallest absolute Gasteiger partial charge is 0.406 e. The van der Waals surface area contributed by atoms with E-state index >= 15 is 0 Å². The summed E-state index contributed by atoms with van der Waals surface area (Å²) in [6.07, 6.45) is -0.135. The van der Waals surface area contributed by atoms with Crippen LogP contribution in [0.2, 0.25) is 0 Å². The highest BCUT2D eigenvalue weighted by molar-refractivity contribution is 5.29. The Bertz CT molecular complexity index is 456. The summed E-state index contributed by atoms with van der Waals surface area (Å²) >= 11 is 0. The normalized spacial score (nSPS) is 17.9. The van der Waals surface area contributed by atoms with Crippen LogP contribution in [0, 0.1) is 0 Å². The molecule has 1 aromatic carbocycles. The minimum atomic E-state index is -4.64. The monoisotopic (exact) mass is 330 g/mol. The molecule has 0 aromatic heterocycles. The lowest BCUT2D eigenvalue weighted by Gasteiger charge is -2.35. The van der Waals surface area contributed by atoms with Crippen molar-refractivity contribution in [2.24, 2.45) is 0 Å². The van der Waals surface area contributed by atoms with Crippen LogP contribution in [0.3, 0.4) is 0 Å². The molecule has 3 nitrogen and oxygen atoms in total. The van der Waals surface area contributed by atoms with Crippen LogP contribution in [0.25, 0.3) is 0 Å². The van der Waals surface area contributed by atoms with E-state index in [1.807, 2.05) is 0 Å². The Hall–Kier alpha value is -1.27. The van der Waals surface area contributed by atoms with E-state index in [4.69, 9.17) is 0 Å². The quantitative estimate of drug-likeness (QED) is 0.762. The van der Waals surface area contributed by atoms with Gasteiger partial charge in [-0.1, -0.05) is 38.3 Å². The number of alkyl halides is 3. The third-order valence-electron chi connectivity index (χ3n) is 4.17. The molecule has 0 spiro atoms.